The Kier molecular flexibility index (Phi) is 6.47. The van der Waals surface area contributed by atoms with Gasteiger partial charge in [-0.15, -0.1) is 0 Å². The fourth-order valence-corrected chi connectivity index (χ4v) is 1.92. The third kappa shape index (κ3) is 4.21. The van der Waals surface area contributed by atoms with E-state index in [2.05, 4.69) is 35.3 Å². The molecule has 0 bridgehead atoms. The highest BCUT2D eigenvalue weighted by Gasteiger charge is 2.03. The van der Waals surface area contributed by atoms with Crippen LogP contribution in [0.1, 0.15) is 12.5 Å². The van der Waals surface area contributed by atoms with Crippen LogP contribution in [0, 0.1) is 0 Å². The summed E-state index contributed by atoms with van der Waals surface area (Å²) in [6.07, 6.45) is 5.30. The zero-order valence-electron chi connectivity index (χ0n) is 11.6. The van der Waals surface area contributed by atoms with Crippen molar-refractivity contribution < 1.29 is 0 Å². The fraction of sp³-hybridized carbons (Fsp3) is 0.125. The van der Waals surface area contributed by atoms with Crippen LogP contribution in [0.5, 0.6) is 0 Å². The lowest BCUT2D eigenvalue weighted by molar-refractivity contribution is 0.827. The molecular weight excluding hydrogens is 270 g/mol. The predicted molar refractivity (Wildman–Crippen MR) is 89.6 cm³/mol. The van der Waals surface area contributed by atoms with Crippen LogP contribution >= 0.6 is 11.6 Å². The minimum absolute atomic E-state index is 0.619. The molecule has 1 aromatic rings. The van der Waals surface area contributed by atoms with Crippen LogP contribution in [0.25, 0.3) is 0 Å². The predicted octanol–water partition coefficient (Wildman–Crippen LogP) is 4.65. The number of benzene rings is 1. The van der Waals surface area contributed by atoms with Crippen LogP contribution in [-0.2, 0) is 6.54 Å². The molecule has 20 heavy (non-hydrogen) atoms. The number of nitrogens with zero attached hydrogens (tertiary/aromatic N) is 2. The first-order chi connectivity index (χ1) is 9.65. The molecule has 1 rings (SSSR count). The highest BCUT2D eigenvalue weighted by Crippen LogP contribution is 2.28. The van der Waals surface area contributed by atoms with Crippen molar-refractivity contribution in [2.45, 2.75) is 13.5 Å². The Morgan fingerprint density at radius 2 is 2.00 bits per heavy atom. The number of rotatable bonds is 7. The smallest absolute Gasteiger partial charge is 0.0882 e. The second-order valence-electron chi connectivity index (χ2n) is 3.95. The second-order valence-corrected chi connectivity index (χ2v) is 4.35. The molecule has 0 aliphatic heterocycles. The highest BCUT2D eigenvalue weighted by molar-refractivity contribution is 6.32. The van der Waals surface area contributed by atoms with Gasteiger partial charge in [0.1, 0.15) is 0 Å². The number of aliphatic imine (C=N–C) groups is 2. The van der Waals surface area contributed by atoms with Crippen LogP contribution in [0.2, 0.25) is 0 Å². The van der Waals surface area contributed by atoms with Gasteiger partial charge in [0.05, 0.1) is 16.4 Å². The molecule has 0 radical (unpaired) electrons. The maximum absolute atomic E-state index is 6.13. The van der Waals surface area contributed by atoms with Crippen LogP contribution in [0.4, 0.5) is 11.4 Å². The summed E-state index contributed by atoms with van der Waals surface area (Å²) < 4.78 is 0. The van der Waals surface area contributed by atoms with Gasteiger partial charge in [-0.1, -0.05) is 36.4 Å². The number of hydrogen-bond acceptors (Lipinski definition) is 3. The molecule has 0 fully saturated rings. The van der Waals surface area contributed by atoms with E-state index in [4.69, 9.17) is 11.6 Å². The van der Waals surface area contributed by atoms with Crippen LogP contribution in [0.15, 0.2) is 63.7 Å². The first kappa shape index (κ1) is 15.9. The molecule has 0 spiro atoms. The summed E-state index contributed by atoms with van der Waals surface area (Å²) in [7, 11) is 0. The molecule has 1 aromatic carbocycles. The molecule has 0 heterocycles. The van der Waals surface area contributed by atoms with Crippen molar-refractivity contribution in [1.82, 2.24) is 5.32 Å². The van der Waals surface area contributed by atoms with Gasteiger partial charge in [0.25, 0.3) is 0 Å². The zero-order chi connectivity index (χ0) is 15.0. The number of hydrogen-bond donors (Lipinski definition) is 1. The quantitative estimate of drug-likeness (QED) is 0.575. The molecule has 0 atom stereocenters. The van der Waals surface area contributed by atoms with Crippen LogP contribution < -0.4 is 5.32 Å². The fourth-order valence-electron chi connectivity index (χ4n) is 1.65. The molecule has 0 amide bonds. The van der Waals surface area contributed by atoms with Gasteiger partial charge in [0.15, 0.2) is 0 Å². The van der Waals surface area contributed by atoms with E-state index >= 15 is 0 Å². The summed E-state index contributed by atoms with van der Waals surface area (Å²) in [6, 6.07) is 5.75. The van der Waals surface area contributed by atoms with E-state index in [1.54, 1.807) is 12.2 Å². The van der Waals surface area contributed by atoms with Crippen molar-refractivity contribution in [2.24, 2.45) is 9.98 Å². The Hall–Kier alpha value is -2.13. The van der Waals surface area contributed by atoms with Gasteiger partial charge in [0.2, 0.25) is 0 Å². The number of nitrogens with one attached hydrogen (secondary N) is 1. The van der Waals surface area contributed by atoms with E-state index in [0.717, 1.165) is 16.9 Å². The molecule has 0 unspecified atom stereocenters. The largest absolute Gasteiger partial charge is 0.380 e. The van der Waals surface area contributed by atoms with E-state index in [-0.39, 0.29) is 0 Å². The Morgan fingerprint density at radius 3 is 2.55 bits per heavy atom. The summed E-state index contributed by atoms with van der Waals surface area (Å²) in [5.41, 5.74) is 3.35. The van der Waals surface area contributed by atoms with Crippen LogP contribution in [0.3, 0.4) is 0 Å². The van der Waals surface area contributed by atoms with Gasteiger partial charge in [-0.25, -0.2) is 0 Å². The van der Waals surface area contributed by atoms with Gasteiger partial charge in [-0.2, -0.15) is 0 Å². The summed E-state index contributed by atoms with van der Waals surface area (Å²) in [6.45, 7) is 13.2. The third-order valence-electron chi connectivity index (χ3n) is 2.67. The van der Waals surface area contributed by atoms with Crippen molar-refractivity contribution >= 4 is 36.4 Å². The summed E-state index contributed by atoms with van der Waals surface area (Å²) in [4.78, 5) is 7.83. The number of halogens is 1. The van der Waals surface area contributed by atoms with Crippen molar-refractivity contribution in [3.05, 3.63) is 59.3 Å². The van der Waals surface area contributed by atoms with E-state index in [9.17, 15) is 0 Å². The first-order valence-electron chi connectivity index (χ1n) is 6.11. The lowest BCUT2D eigenvalue weighted by atomic mass is 10.1. The van der Waals surface area contributed by atoms with Crippen molar-refractivity contribution in [3.8, 4) is 0 Å². The molecule has 0 aliphatic rings. The molecule has 0 saturated heterocycles. The van der Waals surface area contributed by atoms with Crippen molar-refractivity contribution in [2.75, 3.05) is 0 Å². The van der Waals surface area contributed by atoms with Gasteiger partial charge in [-0.3, -0.25) is 9.98 Å². The first-order valence-corrected chi connectivity index (χ1v) is 6.49. The average molecular weight is 288 g/mol. The zero-order valence-corrected chi connectivity index (χ0v) is 12.3. The normalized spacial score (nSPS) is 11.9. The molecular formula is C16H18ClN3. The maximum atomic E-state index is 6.13. The molecule has 104 valence electrons. The van der Waals surface area contributed by atoms with Crippen molar-refractivity contribution in [3.63, 3.8) is 0 Å². The molecule has 0 aromatic heterocycles. The maximum Gasteiger partial charge on any atom is 0.0882 e. The monoisotopic (exact) mass is 287 g/mol. The Bertz CT molecular complexity index is 571. The molecule has 1 N–H and O–H groups in total. The molecule has 4 heteroatoms. The Labute approximate surface area is 125 Å². The van der Waals surface area contributed by atoms with E-state index in [1.165, 1.54) is 0 Å². The SMILES string of the molecule is C=C/C=C(Cl)\C(=C/C)NCc1ccc(N=C)c(N=C)c1. The van der Waals surface area contributed by atoms with Gasteiger partial charge < -0.3 is 5.32 Å². The summed E-state index contributed by atoms with van der Waals surface area (Å²) in [5, 5.41) is 3.88. The lowest BCUT2D eigenvalue weighted by Gasteiger charge is -2.11. The summed E-state index contributed by atoms with van der Waals surface area (Å²) in [5.74, 6) is 0. The minimum atomic E-state index is 0.619. The van der Waals surface area contributed by atoms with E-state index in [1.807, 2.05) is 31.2 Å². The Balaban J connectivity index is 2.84. The lowest BCUT2D eigenvalue weighted by Crippen LogP contribution is -2.12. The molecule has 0 saturated carbocycles. The summed E-state index contributed by atoms with van der Waals surface area (Å²) >= 11 is 6.13. The third-order valence-corrected chi connectivity index (χ3v) is 3.00. The van der Waals surface area contributed by atoms with Crippen LogP contribution in [-0.4, -0.2) is 13.4 Å². The Morgan fingerprint density at radius 1 is 1.30 bits per heavy atom. The number of allylic oxidation sites excluding steroid dienone is 4. The second kappa shape index (κ2) is 8.12. The van der Waals surface area contributed by atoms with E-state index < -0.39 is 0 Å². The highest BCUT2D eigenvalue weighted by atomic mass is 35.5. The minimum Gasteiger partial charge on any atom is -0.380 e. The van der Waals surface area contributed by atoms with Gasteiger partial charge in [0, 0.05) is 12.2 Å². The molecule has 0 aliphatic carbocycles. The standard InChI is InChI=1S/C16H18ClN3/c1-5-7-13(17)14(6-2)20-11-12-8-9-15(18-3)16(10-12)19-4/h5-10,20H,1,3-4,11H2,2H3/b13-7+,14-6+. The van der Waals surface area contributed by atoms with E-state index in [0.29, 0.717) is 17.3 Å². The van der Waals surface area contributed by atoms with Gasteiger partial charge in [-0.05, 0) is 44.1 Å². The average Bonchev–Trinajstić information content (AvgIpc) is 2.47. The van der Waals surface area contributed by atoms with Gasteiger partial charge >= 0.3 is 0 Å². The van der Waals surface area contributed by atoms with Crippen molar-refractivity contribution in [1.29, 1.82) is 0 Å². The molecule has 3 nitrogen and oxygen atoms in total. The topological polar surface area (TPSA) is 36.8 Å².